The summed E-state index contributed by atoms with van der Waals surface area (Å²) in [6.07, 6.45) is 7.84. The second-order valence-corrected chi connectivity index (χ2v) is 9.86. The number of aryl methyl sites for hydroxylation is 2. The molecule has 35 heavy (non-hydrogen) atoms. The van der Waals surface area contributed by atoms with Gasteiger partial charge in [0.05, 0.1) is 0 Å². The highest BCUT2D eigenvalue weighted by molar-refractivity contribution is 6.30. The molecule has 4 rings (SSSR count). The number of rotatable bonds is 11. The number of nitrogens with one attached hydrogen (secondary N) is 1. The highest BCUT2D eigenvalue weighted by atomic mass is 35.5. The van der Waals surface area contributed by atoms with Crippen molar-refractivity contribution in [1.29, 1.82) is 0 Å². The van der Waals surface area contributed by atoms with Gasteiger partial charge in [0.25, 0.3) is 5.91 Å². The Balaban J connectivity index is 1.33. The van der Waals surface area contributed by atoms with Crippen LogP contribution in [0.25, 0.3) is 0 Å². The first-order chi connectivity index (χ1) is 17.0. The van der Waals surface area contributed by atoms with E-state index in [0.29, 0.717) is 18.5 Å². The molecule has 186 valence electrons. The molecule has 2 aliphatic rings. The summed E-state index contributed by atoms with van der Waals surface area (Å²) >= 11 is 6.17. The summed E-state index contributed by atoms with van der Waals surface area (Å²) in [4.78, 5) is 40.5. The third-order valence-corrected chi connectivity index (χ3v) is 7.44. The number of nitrogens with zero attached hydrogens (tertiary/aromatic N) is 2. The third kappa shape index (κ3) is 5.69. The molecule has 1 unspecified atom stereocenters. The van der Waals surface area contributed by atoms with Crippen LogP contribution < -0.4 is 10.2 Å². The van der Waals surface area contributed by atoms with E-state index in [-0.39, 0.29) is 18.2 Å². The van der Waals surface area contributed by atoms with E-state index in [9.17, 15) is 14.4 Å². The number of carbonyl (C=O) groups is 3. The Bertz CT molecular complexity index is 1090. The Labute approximate surface area is 212 Å². The summed E-state index contributed by atoms with van der Waals surface area (Å²) < 4.78 is 0. The predicted octanol–water partition coefficient (Wildman–Crippen LogP) is 4.56. The molecule has 0 aliphatic carbocycles. The number of halogens is 1. The minimum atomic E-state index is -0.625. The predicted molar refractivity (Wildman–Crippen MR) is 139 cm³/mol. The molecule has 2 amide bonds. The van der Waals surface area contributed by atoms with Gasteiger partial charge in [-0.1, -0.05) is 30.2 Å². The van der Waals surface area contributed by atoms with Crippen LogP contribution in [0.5, 0.6) is 0 Å². The third-order valence-electron chi connectivity index (χ3n) is 7.21. The zero-order chi connectivity index (χ0) is 24.8. The van der Waals surface area contributed by atoms with Crippen molar-refractivity contribution >= 4 is 35.4 Å². The van der Waals surface area contributed by atoms with Crippen molar-refractivity contribution in [2.24, 2.45) is 0 Å². The van der Waals surface area contributed by atoms with Gasteiger partial charge in [-0.15, -0.1) is 0 Å². The van der Waals surface area contributed by atoms with E-state index in [2.05, 4.69) is 28.4 Å². The normalized spacial score (nSPS) is 15.5. The minimum Gasteiger partial charge on any atom is -0.371 e. The molecule has 2 aromatic rings. The van der Waals surface area contributed by atoms with Gasteiger partial charge in [-0.2, -0.15) is 0 Å². The number of likely N-dealkylation sites (N-methyl/N-ethyl adjacent to an activating group) is 1. The smallest absolute Gasteiger partial charge is 0.255 e. The average Bonchev–Trinajstić information content (AvgIpc) is 3.20. The number of hydrogen-bond donors (Lipinski definition) is 1. The monoisotopic (exact) mass is 495 g/mol. The lowest BCUT2D eigenvalue weighted by Gasteiger charge is -2.31. The van der Waals surface area contributed by atoms with Crippen LogP contribution in [0, 0.1) is 0 Å². The number of aldehydes is 1. The number of anilines is 1. The van der Waals surface area contributed by atoms with Crippen LogP contribution in [0.2, 0.25) is 5.02 Å². The molecule has 0 aromatic heterocycles. The second-order valence-electron chi connectivity index (χ2n) is 9.42. The second kappa shape index (κ2) is 11.7. The van der Waals surface area contributed by atoms with E-state index in [1.807, 2.05) is 18.2 Å². The molecule has 0 spiro atoms. The van der Waals surface area contributed by atoms with E-state index in [1.54, 1.807) is 11.9 Å². The quantitative estimate of drug-likeness (QED) is 0.366. The molecular formula is C28H34ClN3O3. The molecular weight excluding hydrogens is 462 g/mol. The lowest BCUT2D eigenvalue weighted by atomic mass is 9.98. The van der Waals surface area contributed by atoms with Gasteiger partial charge in [-0.05, 0) is 79.5 Å². The van der Waals surface area contributed by atoms with Gasteiger partial charge < -0.3 is 19.9 Å². The van der Waals surface area contributed by atoms with Crippen LogP contribution in [0.15, 0.2) is 36.4 Å². The number of unbranched alkanes of at least 4 members (excludes halogenated alkanes) is 2. The van der Waals surface area contributed by atoms with Gasteiger partial charge >= 0.3 is 0 Å². The molecule has 0 radical (unpaired) electrons. The lowest BCUT2D eigenvalue weighted by molar-refractivity contribution is -0.125. The summed E-state index contributed by atoms with van der Waals surface area (Å²) in [6.45, 7) is 2.56. The maximum absolute atomic E-state index is 13.1. The van der Waals surface area contributed by atoms with Crippen molar-refractivity contribution in [2.45, 2.75) is 64.0 Å². The van der Waals surface area contributed by atoms with Crippen molar-refractivity contribution in [3.05, 3.63) is 63.7 Å². The van der Waals surface area contributed by atoms with Crippen molar-refractivity contribution < 1.29 is 14.4 Å². The van der Waals surface area contributed by atoms with E-state index >= 15 is 0 Å². The standard InChI is InChI=1S/C28H34ClN3O3/c1-30-27(34)26(12-7-17-33)32-19-24-20(9-5-11-23(24)28(32)35)8-3-2-4-15-31-16-6-10-21-18-22(29)13-14-25(21)31/h5,9,11,13-14,17-18,26H,2-4,6-8,10,12,15-16,19H2,1H3,(H,30,34). The molecule has 2 aliphatic heterocycles. The first kappa shape index (κ1) is 25.2. The van der Waals surface area contributed by atoms with Crippen LogP contribution in [0.4, 0.5) is 5.69 Å². The van der Waals surface area contributed by atoms with Crippen LogP contribution in [-0.2, 0) is 29.0 Å². The summed E-state index contributed by atoms with van der Waals surface area (Å²) in [5, 5.41) is 3.45. The highest BCUT2D eigenvalue weighted by Crippen LogP contribution is 2.31. The Kier molecular flexibility index (Phi) is 8.45. The van der Waals surface area contributed by atoms with E-state index in [4.69, 9.17) is 11.6 Å². The zero-order valence-corrected chi connectivity index (χ0v) is 21.2. The first-order valence-corrected chi connectivity index (χ1v) is 13.0. The fourth-order valence-electron chi connectivity index (χ4n) is 5.40. The summed E-state index contributed by atoms with van der Waals surface area (Å²) in [5.41, 5.74) is 5.56. The largest absolute Gasteiger partial charge is 0.371 e. The minimum absolute atomic E-state index is 0.120. The topological polar surface area (TPSA) is 69.7 Å². The SMILES string of the molecule is CNC(=O)C(CCC=O)N1Cc2c(CCCCCN3CCCc4cc(Cl)ccc43)cccc2C1=O. The molecule has 0 fully saturated rings. The molecule has 1 N–H and O–H groups in total. The van der Waals surface area contributed by atoms with Crippen LogP contribution in [0.3, 0.4) is 0 Å². The molecule has 1 atom stereocenters. The fourth-order valence-corrected chi connectivity index (χ4v) is 5.59. The molecule has 0 saturated heterocycles. The lowest BCUT2D eigenvalue weighted by Crippen LogP contribution is -2.46. The van der Waals surface area contributed by atoms with Crippen molar-refractivity contribution in [3.8, 4) is 0 Å². The zero-order valence-electron chi connectivity index (χ0n) is 20.4. The molecule has 0 bridgehead atoms. The van der Waals surface area contributed by atoms with E-state index in [0.717, 1.165) is 68.5 Å². The maximum atomic E-state index is 13.1. The number of amides is 2. The number of benzene rings is 2. The number of fused-ring (bicyclic) bond motifs is 2. The number of hydrogen-bond acceptors (Lipinski definition) is 4. The molecule has 0 saturated carbocycles. The summed E-state index contributed by atoms with van der Waals surface area (Å²) in [5.74, 6) is -0.346. The molecule has 2 aromatic carbocycles. The Morgan fingerprint density at radius 2 is 2.06 bits per heavy atom. The maximum Gasteiger partial charge on any atom is 0.255 e. The van der Waals surface area contributed by atoms with Gasteiger partial charge in [0.1, 0.15) is 12.3 Å². The Hall–Kier alpha value is -2.86. The summed E-state index contributed by atoms with van der Waals surface area (Å²) in [7, 11) is 1.56. The van der Waals surface area contributed by atoms with E-state index in [1.165, 1.54) is 16.8 Å². The first-order valence-electron chi connectivity index (χ1n) is 12.6. The van der Waals surface area contributed by atoms with Gasteiger partial charge in [0, 0.05) is 49.4 Å². The molecule has 2 heterocycles. The fraction of sp³-hybridized carbons (Fsp3) is 0.464. The highest BCUT2D eigenvalue weighted by Gasteiger charge is 2.36. The van der Waals surface area contributed by atoms with Crippen molar-refractivity contribution in [3.63, 3.8) is 0 Å². The van der Waals surface area contributed by atoms with Crippen molar-refractivity contribution in [1.82, 2.24) is 10.2 Å². The summed E-state index contributed by atoms with van der Waals surface area (Å²) in [6, 6.07) is 11.5. The van der Waals surface area contributed by atoms with Crippen LogP contribution in [-0.4, -0.2) is 49.2 Å². The van der Waals surface area contributed by atoms with Crippen LogP contribution >= 0.6 is 11.6 Å². The number of carbonyl (C=O) groups excluding carboxylic acids is 3. The van der Waals surface area contributed by atoms with E-state index < -0.39 is 6.04 Å². The van der Waals surface area contributed by atoms with Gasteiger partial charge in [-0.3, -0.25) is 9.59 Å². The van der Waals surface area contributed by atoms with Gasteiger partial charge in [0.2, 0.25) is 5.91 Å². The van der Waals surface area contributed by atoms with Crippen LogP contribution in [0.1, 0.15) is 65.6 Å². The van der Waals surface area contributed by atoms with Gasteiger partial charge in [-0.25, -0.2) is 0 Å². The Morgan fingerprint density at radius 3 is 2.86 bits per heavy atom. The Morgan fingerprint density at radius 1 is 1.20 bits per heavy atom. The molecule has 6 nitrogen and oxygen atoms in total. The van der Waals surface area contributed by atoms with Gasteiger partial charge in [0.15, 0.2) is 0 Å². The average molecular weight is 496 g/mol. The molecule has 7 heteroatoms. The van der Waals surface area contributed by atoms with Crippen molar-refractivity contribution in [2.75, 3.05) is 25.0 Å².